The number of methoxy groups -OCH3 is 1. The lowest BCUT2D eigenvalue weighted by molar-refractivity contribution is 0.342. The summed E-state index contributed by atoms with van der Waals surface area (Å²) in [6.07, 6.45) is 1.74. The van der Waals surface area contributed by atoms with E-state index >= 15 is 0 Å². The second kappa shape index (κ2) is 3.24. The van der Waals surface area contributed by atoms with E-state index in [1.54, 1.807) is 13.3 Å². The molecule has 68 valence electrons. The zero-order valence-electron chi connectivity index (χ0n) is 7.76. The predicted octanol–water partition coefficient (Wildman–Crippen LogP) is 2.25. The van der Waals surface area contributed by atoms with Crippen molar-refractivity contribution in [3.8, 4) is 5.75 Å². The summed E-state index contributed by atoms with van der Waals surface area (Å²) in [7, 11) is 1.66. The van der Waals surface area contributed by atoms with Crippen molar-refractivity contribution >= 4 is 22.6 Å². The number of hydrogen-bond donors (Lipinski definition) is 0. The molecule has 0 radical (unpaired) electrons. The average molecular weight is 280 g/mol. The molecule has 1 aromatic rings. The van der Waals surface area contributed by atoms with Gasteiger partial charge in [-0.25, -0.2) is 0 Å². The van der Waals surface area contributed by atoms with Crippen molar-refractivity contribution in [2.75, 3.05) is 7.11 Å². The zero-order chi connectivity index (χ0) is 9.35. The smallest absolute Gasteiger partial charge is 0.170 e. The van der Waals surface area contributed by atoms with Crippen molar-refractivity contribution in [2.45, 2.75) is 26.3 Å². The highest BCUT2D eigenvalue weighted by atomic mass is 127. The van der Waals surface area contributed by atoms with Crippen molar-refractivity contribution in [1.82, 2.24) is 9.78 Å². The summed E-state index contributed by atoms with van der Waals surface area (Å²) in [4.78, 5) is 0. The number of halogens is 1. The van der Waals surface area contributed by atoms with Crippen LogP contribution in [0.2, 0.25) is 0 Å². The summed E-state index contributed by atoms with van der Waals surface area (Å²) in [6.45, 7) is 6.34. The lowest BCUT2D eigenvalue weighted by Crippen LogP contribution is -2.24. The second-order valence-corrected chi connectivity index (χ2v) is 4.61. The lowest BCUT2D eigenvalue weighted by Gasteiger charge is -2.20. The molecule has 3 nitrogen and oxygen atoms in total. The fourth-order valence-electron chi connectivity index (χ4n) is 0.923. The Balaban J connectivity index is 3.11. The fraction of sp³-hybridized carbons (Fsp3) is 0.625. The Bertz CT molecular complexity index is 275. The van der Waals surface area contributed by atoms with Crippen LogP contribution < -0.4 is 4.74 Å². The van der Waals surface area contributed by atoms with Gasteiger partial charge in [0, 0.05) is 0 Å². The van der Waals surface area contributed by atoms with Gasteiger partial charge in [-0.15, -0.1) is 0 Å². The van der Waals surface area contributed by atoms with Crippen LogP contribution in [-0.2, 0) is 5.54 Å². The molecule has 0 bridgehead atoms. The monoisotopic (exact) mass is 280 g/mol. The van der Waals surface area contributed by atoms with E-state index in [9.17, 15) is 0 Å². The summed E-state index contributed by atoms with van der Waals surface area (Å²) >= 11 is 2.24. The summed E-state index contributed by atoms with van der Waals surface area (Å²) in [5, 5.41) is 4.24. The van der Waals surface area contributed by atoms with Gasteiger partial charge in [-0.1, -0.05) is 0 Å². The second-order valence-electron chi connectivity index (χ2n) is 3.59. The van der Waals surface area contributed by atoms with Gasteiger partial charge in [0.25, 0.3) is 0 Å². The number of hydrogen-bond acceptors (Lipinski definition) is 2. The third-order valence-electron chi connectivity index (χ3n) is 1.54. The molecular formula is C8H13IN2O. The first-order chi connectivity index (χ1) is 5.46. The molecule has 4 heteroatoms. The minimum Gasteiger partial charge on any atom is -0.492 e. The van der Waals surface area contributed by atoms with Crippen LogP contribution in [-0.4, -0.2) is 16.9 Å². The topological polar surface area (TPSA) is 27.1 Å². The molecular weight excluding hydrogens is 267 g/mol. The maximum atomic E-state index is 5.13. The molecule has 0 unspecified atom stereocenters. The standard InChI is InChI=1S/C8H13IN2O/c1-8(2,3)11-7(9)6(12-4)5-10-11/h5H,1-4H3. The van der Waals surface area contributed by atoms with Crippen molar-refractivity contribution < 1.29 is 4.74 Å². The quantitative estimate of drug-likeness (QED) is 0.738. The van der Waals surface area contributed by atoms with Crippen LogP contribution in [0.4, 0.5) is 0 Å². The van der Waals surface area contributed by atoms with E-state index in [-0.39, 0.29) is 5.54 Å². The maximum Gasteiger partial charge on any atom is 0.170 e. The van der Waals surface area contributed by atoms with E-state index in [0.717, 1.165) is 9.45 Å². The maximum absolute atomic E-state index is 5.13. The Hall–Kier alpha value is -0.260. The van der Waals surface area contributed by atoms with Gasteiger partial charge in [0.1, 0.15) is 3.70 Å². The first kappa shape index (κ1) is 9.83. The number of rotatable bonds is 1. The lowest BCUT2D eigenvalue weighted by atomic mass is 10.1. The molecule has 0 amide bonds. The molecule has 1 aromatic heterocycles. The average Bonchev–Trinajstić information content (AvgIpc) is 2.29. The van der Waals surface area contributed by atoms with Crippen molar-refractivity contribution in [3.63, 3.8) is 0 Å². The van der Waals surface area contributed by atoms with Gasteiger partial charge < -0.3 is 4.74 Å². The Labute approximate surface area is 86.2 Å². The van der Waals surface area contributed by atoms with Gasteiger partial charge in [-0.05, 0) is 43.4 Å². The van der Waals surface area contributed by atoms with Gasteiger partial charge in [0.15, 0.2) is 5.75 Å². The first-order valence-corrected chi connectivity index (χ1v) is 4.82. The molecule has 12 heavy (non-hydrogen) atoms. The van der Waals surface area contributed by atoms with Crippen LogP contribution in [0.15, 0.2) is 6.20 Å². The van der Waals surface area contributed by atoms with Crippen LogP contribution in [0.25, 0.3) is 0 Å². The fourth-order valence-corrected chi connectivity index (χ4v) is 2.13. The Morgan fingerprint density at radius 2 is 2.08 bits per heavy atom. The summed E-state index contributed by atoms with van der Waals surface area (Å²) in [6, 6.07) is 0. The Morgan fingerprint density at radius 3 is 2.33 bits per heavy atom. The molecule has 0 aliphatic carbocycles. The summed E-state index contributed by atoms with van der Waals surface area (Å²) in [5.41, 5.74) is 0.0211. The van der Waals surface area contributed by atoms with Gasteiger partial charge in [0.05, 0.1) is 18.8 Å². The van der Waals surface area contributed by atoms with Gasteiger partial charge in [-0.2, -0.15) is 5.10 Å². The van der Waals surface area contributed by atoms with Gasteiger partial charge >= 0.3 is 0 Å². The molecule has 0 saturated carbocycles. The van der Waals surface area contributed by atoms with Crippen LogP contribution in [0.5, 0.6) is 5.75 Å². The molecule has 0 aliphatic heterocycles. The van der Waals surface area contributed by atoms with Crippen LogP contribution in [0.3, 0.4) is 0 Å². The molecule has 0 aromatic carbocycles. The molecule has 0 N–H and O–H groups in total. The minimum absolute atomic E-state index is 0.0211. The Kier molecular flexibility index (Phi) is 2.65. The van der Waals surface area contributed by atoms with E-state index in [4.69, 9.17) is 4.74 Å². The van der Waals surface area contributed by atoms with Gasteiger partial charge in [0.2, 0.25) is 0 Å². The van der Waals surface area contributed by atoms with Crippen molar-refractivity contribution in [2.24, 2.45) is 0 Å². The van der Waals surface area contributed by atoms with E-state index < -0.39 is 0 Å². The highest BCUT2D eigenvalue weighted by molar-refractivity contribution is 14.1. The molecule has 0 atom stereocenters. The number of nitrogens with zero attached hydrogens (tertiary/aromatic N) is 2. The highest BCUT2D eigenvalue weighted by Crippen LogP contribution is 2.25. The minimum atomic E-state index is 0.0211. The third-order valence-corrected chi connectivity index (χ3v) is 2.52. The van der Waals surface area contributed by atoms with Crippen LogP contribution in [0.1, 0.15) is 20.8 Å². The van der Waals surface area contributed by atoms with E-state index in [0.29, 0.717) is 0 Å². The van der Waals surface area contributed by atoms with Crippen LogP contribution in [0, 0.1) is 3.70 Å². The van der Waals surface area contributed by atoms with E-state index in [1.807, 2.05) is 4.68 Å². The molecule has 1 heterocycles. The van der Waals surface area contributed by atoms with E-state index in [1.165, 1.54) is 0 Å². The largest absolute Gasteiger partial charge is 0.492 e. The van der Waals surface area contributed by atoms with Crippen molar-refractivity contribution in [1.29, 1.82) is 0 Å². The van der Waals surface area contributed by atoms with Crippen LogP contribution >= 0.6 is 22.6 Å². The van der Waals surface area contributed by atoms with Gasteiger partial charge in [-0.3, -0.25) is 4.68 Å². The number of aromatic nitrogens is 2. The van der Waals surface area contributed by atoms with Crippen molar-refractivity contribution in [3.05, 3.63) is 9.90 Å². The summed E-state index contributed by atoms with van der Waals surface area (Å²) in [5.74, 6) is 0.838. The molecule has 0 aliphatic rings. The highest BCUT2D eigenvalue weighted by Gasteiger charge is 2.19. The summed E-state index contributed by atoms with van der Waals surface area (Å²) < 4.78 is 8.12. The molecule has 0 spiro atoms. The first-order valence-electron chi connectivity index (χ1n) is 3.75. The normalized spacial score (nSPS) is 11.8. The predicted molar refractivity (Wildman–Crippen MR) is 56.5 cm³/mol. The third kappa shape index (κ3) is 1.73. The molecule has 0 fully saturated rings. The zero-order valence-corrected chi connectivity index (χ0v) is 9.92. The molecule has 1 rings (SSSR count). The Morgan fingerprint density at radius 1 is 1.50 bits per heavy atom. The SMILES string of the molecule is COc1cnn(C(C)(C)C)c1I. The van der Waals surface area contributed by atoms with E-state index in [2.05, 4.69) is 48.5 Å². The number of ether oxygens (including phenoxy) is 1. The molecule has 0 saturated heterocycles.